The number of alkyl halides is 3. The molecule has 0 bridgehead atoms. The topological polar surface area (TPSA) is 51.2 Å². The van der Waals surface area contributed by atoms with Crippen LogP contribution in [0.3, 0.4) is 0 Å². The standard InChI is InChI=1S/C13H16F4N2O2/c1-7(19-11(20)21-12(2,3)4)10-9(14)5-8(6-18-10)13(15,16)17/h5-7H,1-4H3,(H,19,20). The lowest BCUT2D eigenvalue weighted by atomic mass is 10.1. The van der Waals surface area contributed by atoms with E-state index < -0.39 is 35.3 Å². The number of carbonyl (C=O) groups is 1. The van der Waals surface area contributed by atoms with Gasteiger partial charge in [-0.3, -0.25) is 4.98 Å². The van der Waals surface area contributed by atoms with Gasteiger partial charge in [-0.2, -0.15) is 13.2 Å². The maximum Gasteiger partial charge on any atom is 0.417 e. The Morgan fingerprint density at radius 2 is 1.90 bits per heavy atom. The van der Waals surface area contributed by atoms with E-state index in [9.17, 15) is 22.4 Å². The molecule has 1 aromatic heterocycles. The highest BCUT2D eigenvalue weighted by Crippen LogP contribution is 2.30. The largest absolute Gasteiger partial charge is 0.444 e. The van der Waals surface area contributed by atoms with Gasteiger partial charge in [-0.15, -0.1) is 0 Å². The number of pyridine rings is 1. The number of alkyl carbamates (subject to hydrolysis) is 1. The van der Waals surface area contributed by atoms with Crippen molar-refractivity contribution in [3.05, 3.63) is 29.3 Å². The second-order valence-electron chi connectivity index (χ2n) is 5.46. The number of carbonyl (C=O) groups excluding carboxylic acids is 1. The molecule has 1 rings (SSSR count). The van der Waals surface area contributed by atoms with Gasteiger partial charge in [0.05, 0.1) is 17.3 Å². The molecule has 0 aromatic carbocycles. The summed E-state index contributed by atoms with van der Waals surface area (Å²) in [7, 11) is 0. The van der Waals surface area contributed by atoms with Crippen LogP contribution in [0.2, 0.25) is 0 Å². The maximum atomic E-state index is 13.7. The lowest BCUT2D eigenvalue weighted by molar-refractivity contribution is -0.138. The summed E-state index contributed by atoms with van der Waals surface area (Å²) in [5.41, 5.74) is -2.22. The van der Waals surface area contributed by atoms with Crippen molar-refractivity contribution in [2.24, 2.45) is 0 Å². The number of ether oxygens (including phenoxy) is 1. The molecule has 4 nitrogen and oxygen atoms in total. The van der Waals surface area contributed by atoms with Crippen LogP contribution in [-0.4, -0.2) is 16.7 Å². The molecular formula is C13H16F4N2O2. The number of halogens is 4. The Kier molecular flexibility index (Phi) is 4.80. The zero-order chi connectivity index (χ0) is 16.4. The summed E-state index contributed by atoms with van der Waals surface area (Å²) in [6.07, 6.45) is -4.96. The van der Waals surface area contributed by atoms with Gasteiger partial charge in [0, 0.05) is 6.20 Å². The summed E-state index contributed by atoms with van der Waals surface area (Å²) in [6, 6.07) is -0.586. The van der Waals surface area contributed by atoms with Crippen LogP contribution in [0.25, 0.3) is 0 Å². The quantitative estimate of drug-likeness (QED) is 0.845. The first-order valence-corrected chi connectivity index (χ1v) is 6.12. The molecule has 0 aliphatic rings. The Hall–Kier alpha value is -1.86. The van der Waals surface area contributed by atoms with Gasteiger partial charge in [0.15, 0.2) is 0 Å². The molecule has 1 heterocycles. The van der Waals surface area contributed by atoms with E-state index in [4.69, 9.17) is 4.74 Å². The fraction of sp³-hybridized carbons (Fsp3) is 0.538. The summed E-state index contributed by atoms with van der Waals surface area (Å²) >= 11 is 0. The zero-order valence-corrected chi connectivity index (χ0v) is 12.0. The maximum absolute atomic E-state index is 13.7. The molecule has 1 amide bonds. The first-order chi connectivity index (χ1) is 9.40. The SMILES string of the molecule is CC(NC(=O)OC(C)(C)C)c1ncc(C(F)(F)F)cc1F. The van der Waals surface area contributed by atoms with E-state index in [0.29, 0.717) is 12.3 Å². The Morgan fingerprint density at radius 1 is 1.33 bits per heavy atom. The smallest absolute Gasteiger partial charge is 0.417 e. The molecule has 118 valence electrons. The highest BCUT2D eigenvalue weighted by atomic mass is 19.4. The summed E-state index contributed by atoms with van der Waals surface area (Å²) in [5, 5.41) is 2.31. The van der Waals surface area contributed by atoms with Crippen molar-refractivity contribution in [2.75, 3.05) is 0 Å². The number of hydrogen-bond donors (Lipinski definition) is 1. The Balaban J connectivity index is 2.84. The van der Waals surface area contributed by atoms with E-state index >= 15 is 0 Å². The lowest BCUT2D eigenvalue weighted by Gasteiger charge is -2.22. The van der Waals surface area contributed by atoms with Crippen molar-refractivity contribution in [1.82, 2.24) is 10.3 Å². The van der Waals surface area contributed by atoms with E-state index in [2.05, 4.69) is 10.3 Å². The zero-order valence-electron chi connectivity index (χ0n) is 12.0. The average Bonchev–Trinajstić information content (AvgIpc) is 2.24. The van der Waals surface area contributed by atoms with E-state index in [1.54, 1.807) is 20.8 Å². The number of hydrogen-bond acceptors (Lipinski definition) is 3. The summed E-state index contributed by atoms with van der Waals surface area (Å²) in [6.45, 7) is 6.33. The predicted octanol–water partition coefficient (Wildman–Crippen LogP) is 3.83. The van der Waals surface area contributed by atoms with Gasteiger partial charge in [0.2, 0.25) is 0 Å². The van der Waals surface area contributed by atoms with E-state index in [-0.39, 0.29) is 5.69 Å². The van der Waals surface area contributed by atoms with E-state index in [1.807, 2.05) is 0 Å². The fourth-order valence-corrected chi connectivity index (χ4v) is 1.47. The molecule has 1 atom stereocenters. The molecule has 0 fully saturated rings. The Morgan fingerprint density at radius 3 is 2.33 bits per heavy atom. The van der Waals surface area contributed by atoms with Gasteiger partial charge in [0.25, 0.3) is 0 Å². The molecule has 0 aliphatic heterocycles. The third-order valence-corrected chi connectivity index (χ3v) is 2.34. The van der Waals surface area contributed by atoms with E-state index in [1.165, 1.54) is 6.92 Å². The monoisotopic (exact) mass is 308 g/mol. The van der Waals surface area contributed by atoms with Crippen LogP contribution in [0.4, 0.5) is 22.4 Å². The van der Waals surface area contributed by atoms with Crippen LogP contribution in [-0.2, 0) is 10.9 Å². The second-order valence-corrected chi connectivity index (χ2v) is 5.46. The third kappa shape index (κ3) is 5.20. The molecule has 0 aliphatic carbocycles. The summed E-state index contributed by atoms with van der Waals surface area (Å²) < 4.78 is 55.8. The minimum Gasteiger partial charge on any atom is -0.444 e. The highest BCUT2D eigenvalue weighted by molar-refractivity contribution is 5.68. The van der Waals surface area contributed by atoms with E-state index in [0.717, 1.165) is 0 Å². The average molecular weight is 308 g/mol. The van der Waals surface area contributed by atoms with Crippen LogP contribution >= 0.6 is 0 Å². The van der Waals surface area contributed by atoms with Gasteiger partial charge in [-0.1, -0.05) is 0 Å². The Labute approximate surface area is 119 Å². The minimum atomic E-state index is -4.67. The van der Waals surface area contributed by atoms with Crippen molar-refractivity contribution >= 4 is 6.09 Å². The molecule has 1 unspecified atom stereocenters. The summed E-state index contributed by atoms with van der Waals surface area (Å²) in [5.74, 6) is -1.15. The van der Waals surface area contributed by atoms with Gasteiger partial charge in [-0.25, -0.2) is 9.18 Å². The molecule has 0 saturated carbocycles. The Bertz CT molecular complexity index is 524. The van der Waals surface area contributed by atoms with Crippen LogP contribution in [0.15, 0.2) is 12.3 Å². The number of rotatable bonds is 2. The number of nitrogens with one attached hydrogen (secondary N) is 1. The number of nitrogens with zero attached hydrogens (tertiary/aromatic N) is 1. The van der Waals surface area contributed by atoms with Gasteiger partial charge < -0.3 is 10.1 Å². The lowest BCUT2D eigenvalue weighted by Crippen LogP contribution is -2.34. The number of aromatic nitrogens is 1. The highest BCUT2D eigenvalue weighted by Gasteiger charge is 2.32. The molecule has 1 aromatic rings. The molecule has 1 N–H and O–H groups in total. The molecule has 0 spiro atoms. The van der Waals surface area contributed by atoms with Crippen molar-refractivity contribution in [1.29, 1.82) is 0 Å². The van der Waals surface area contributed by atoms with Crippen molar-refractivity contribution in [3.8, 4) is 0 Å². The summed E-state index contributed by atoms with van der Waals surface area (Å²) in [4.78, 5) is 14.9. The number of amides is 1. The van der Waals surface area contributed by atoms with Crippen molar-refractivity contribution in [2.45, 2.75) is 45.5 Å². The molecule has 0 radical (unpaired) electrons. The van der Waals surface area contributed by atoms with Crippen LogP contribution in [0.1, 0.15) is 45.0 Å². The van der Waals surface area contributed by atoms with Gasteiger partial charge >= 0.3 is 12.3 Å². The first-order valence-electron chi connectivity index (χ1n) is 6.12. The normalized spacial score (nSPS) is 13.7. The molecule has 8 heteroatoms. The van der Waals surface area contributed by atoms with Gasteiger partial charge in [0.1, 0.15) is 11.4 Å². The van der Waals surface area contributed by atoms with Crippen molar-refractivity contribution < 1.29 is 27.1 Å². The molecule has 21 heavy (non-hydrogen) atoms. The molecular weight excluding hydrogens is 292 g/mol. The second kappa shape index (κ2) is 5.87. The fourth-order valence-electron chi connectivity index (χ4n) is 1.47. The predicted molar refractivity (Wildman–Crippen MR) is 67.0 cm³/mol. The van der Waals surface area contributed by atoms with Crippen LogP contribution in [0.5, 0.6) is 0 Å². The minimum absolute atomic E-state index is 0.297. The van der Waals surface area contributed by atoms with Crippen LogP contribution in [0, 0.1) is 5.82 Å². The van der Waals surface area contributed by atoms with Crippen molar-refractivity contribution in [3.63, 3.8) is 0 Å². The first kappa shape index (κ1) is 17.2. The van der Waals surface area contributed by atoms with Gasteiger partial charge in [-0.05, 0) is 33.8 Å². The third-order valence-electron chi connectivity index (χ3n) is 2.34. The molecule has 0 saturated heterocycles. The van der Waals surface area contributed by atoms with Crippen LogP contribution < -0.4 is 5.32 Å².